The van der Waals surface area contributed by atoms with E-state index in [1.54, 1.807) is 0 Å². The first kappa shape index (κ1) is 19.0. The van der Waals surface area contributed by atoms with E-state index in [4.69, 9.17) is 21.4 Å². The number of ether oxygens (including phenoxy) is 1. The molecule has 146 valence electrons. The molecule has 0 spiro atoms. The number of aliphatic hydroxyl groups excluding tert-OH is 1. The second-order valence-corrected chi connectivity index (χ2v) is 7.78. The smallest absolute Gasteiger partial charge is 0.168 e. The maximum Gasteiger partial charge on any atom is 0.168 e. The zero-order chi connectivity index (χ0) is 19.5. The maximum absolute atomic E-state index is 13.4. The molecule has 10 heteroatoms. The number of nitrogens with zero attached hydrogens (tertiary/aromatic N) is 5. The molecule has 1 N–H and O–H groups in total. The van der Waals surface area contributed by atoms with Crippen LogP contribution in [-0.2, 0) is 6.61 Å². The van der Waals surface area contributed by atoms with E-state index in [1.807, 2.05) is 12.1 Å². The molecule has 0 atom stereocenters. The fourth-order valence-electron chi connectivity index (χ4n) is 2.98. The summed E-state index contributed by atoms with van der Waals surface area (Å²) in [4.78, 5) is 2.13. The van der Waals surface area contributed by atoms with Crippen molar-refractivity contribution in [1.29, 1.82) is 0 Å². The molecule has 1 fully saturated rings. The maximum atomic E-state index is 13.4. The number of piperidine rings is 1. The normalized spacial score (nSPS) is 15.0. The summed E-state index contributed by atoms with van der Waals surface area (Å²) < 4.78 is 19.3. The van der Waals surface area contributed by atoms with Crippen LogP contribution < -0.4 is 9.64 Å². The number of rotatable bonds is 5. The first-order valence-corrected chi connectivity index (χ1v) is 9.96. The zero-order valence-electron chi connectivity index (χ0n) is 14.8. The van der Waals surface area contributed by atoms with Crippen LogP contribution in [0.5, 0.6) is 5.75 Å². The Bertz CT molecular complexity index is 947. The Morgan fingerprint density at radius 2 is 1.96 bits per heavy atom. The van der Waals surface area contributed by atoms with E-state index in [0.29, 0.717) is 26.5 Å². The van der Waals surface area contributed by atoms with Gasteiger partial charge in [0, 0.05) is 32.0 Å². The Kier molecular flexibility index (Phi) is 5.65. The van der Waals surface area contributed by atoms with Crippen molar-refractivity contribution in [2.24, 2.45) is 0 Å². The highest BCUT2D eigenvalue weighted by molar-refractivity contribution is 7.14. The average Bonchev–Trinajstić information content (AvgIpc) is 3.21. The van der Waals surface area contributed by atoms with Crippen LogP contribution in [0.2, 0.25) is 5.02 Å². The number of benzene rings is 1. The zero-order valence-corrected chi connectivity index (χ0v) is 16.3. The van der Waals surface area contributed by atoms with Gasteiger partial charge in [-0.05, 0) is 24.3 Å². The number of aromatic nitrogens is 4. The van der Waals surface area contributed by atoms with E-state index in [9.17, 15) is 4.39 Å². The molecule has 0 radical (unpaired) electrons. The van der Waals surface area contributed by atoms with Crippen LogP contribution in [0.4, 0.5) is 10.2 Å². The number of halogens is 2. The van der Waals surface area contributed by atoms with Crippen LogP contribution in [0.25, 0.3) is 10.7 Å². The third-order valence-electron chi connectivity index (χ3n) is 4.42. The third-order valence-corrected chi connectivity index (χ3v) is 5.67. The van der Waals surface area contributed by atoms with Crippen LogP contribution in [0, 0.1) is 5.82 Å². The Hall–Kier alpha value is -2.36. The Morgan fingerprint density at radius 3 is 2.64 bits per heavy atom. The summed E-state index contributed by atoms with van der Waals surface area (Å²) >= 11 is 7.36. The molecule has 2 aromatic heterocycles. The fraction of sp³-hybridized carbons (Fsp3) is 0.333. The molecule has 0 aliphatic carbocycles. The third kappa shape index (κ3) is 4.21. The lowest BCUT2D eigenvalue weighted by Crippen LogP contribution is -2.38. The van der Waals surface area contributed by atoms with Gasteiger partial charge in [-0.2, -0.15) is 0 Å². The summed E-state index contributed by atoms with van der Waals surface area (Å²) in [5.41, 5.74) is 0.625. The lowest BCUT2D eigenvalue weighted by Gasteiger charge is -2.32. The molecule has 1 aliphatic rings. The van der Waals surface area contributed by atoms with E-state index >= 15 is 0 Å². The predicted octanol–water partition coefficient (Wildman–Crippen LogP) is 3.33. The van der Waals surface area contributed by atoms with Gasteiger partial charge in [-0.1, -0.05) is 22.9 Å². The molecular weight excluding hydrogens is 405 g/mol. The minimum Gasteiger partial charge on any atom is -0.489 e. The molecule has 3 heterocycles. The first-order chi connectivity index (χ1) is 13.6. The highest BCUT2D eigenvalue weighted by Crippen LogP contribution is 2.29. The Balaban J connectivity index is 1.36. The average molecular weight is 422 g/mol. The van der Waals surface area contributed by atoms with Crippen LogP contribution >= 0.6 is 22.9 Å². The van der Waals surface area contributed by atoms with Crippen molar-refractivity contribution in [2.75, 3.05) is 18.0 Å². The molecule has 7 nitrogen and oxygen atoms in total. The van der Waals surface area contributed by atoms with Gasteiger partial charge in [-0.25, -0.2) is 4.39 Å². The van der Waals surface area contributed by atoms with Crippen molar-refractivity contribution in [3.8, 4) is 16.5 Å². The molecule has 1 saturated heterocycles. The van der Waals surface area contributed by atoms with E-state index < -0.39 is 0 Å². The Morgan fingerprint density at radius 1 is 1.14 bits per heavy atom. The van der Waals surface area contributed by atoms with Gasteiger partial charge in [-0.15, -0.1) is 20.4 Å². The van der Waals surface area contributed by atoms with Crippen LogP contribution in [-0.4, -0.2) is 44.7 Å². The molecule has 3 aromatic rings. The fourth-order valence-corrected chi connectivity index (χ4v) is 3.81. The Labute approximate surface area is 169 Å². The van der Waals surface area contributed by atoms with E-state index in [0.717, 1.165) is 31.7 Å². The second kappa shape index (κ2) is 8.34. The van der Waals surface area contributed by atoms with Gasteiger partial charge >= 0.3 is 0 Å². The largest absolute Gasteiger partial charge is 0.489 e. The van der Waals surface area contributed by atoms with Gasteiger partial charge < -0.3 is 14.7 Å². The molecule has 0 bridgehead atoms. The number of anilines is 1. The van der Waals surface area contributed by atoms with Crippen molar-refractivity contribution in [1.82, 2.24) is 20.4 Å². The predicted molar refractivity (Wildman–Crippen MR) is 104 cm³/mol. The second-order valence-electron chi connectivity index (χ2n) is 6.31. The monoisotopic (exact) mass is 421 g/mol. The van der Waals surface area contributed by atoms with Crippen molar-refractivity contribution >= 4 is 28.8 Å². The molecule has 0 amide bonds. The molecule has 0 unspecified atom stereocenters. The van der Waals surface area contributed by atoms with Crippen LogP contribution in [0.3, 0.4) is 0 Å². The summed E-state index contributed by atoms with van der Waals surface area (Å²) in [5, 5.41) is 27.0. The first-order valence-electron chi connectivity index (χ1n) is 8.76. The van der Waals surface area contributed by atoms with E-state index in [2.05, 4.69) is 25.3 Å². The molecule has 0 saturated carbocycles. The van der Waals surface area contributed by atoms with E-state index in [1.165, 1.54) is 29.5 Å². The van der Waals surface area contributed by atoms with Gasteiger partial charge in [0.05, 0.1) is 11.6 Å². The summed E-state index contributed by atoms with van der Waals surface area (Å²) in [6, 6.07) is 7.87. The van der Waals surface area contributed by atoms with E-state index in [-0.39, 0.29) is 18.5 Å². The quantitative estimate of drug-likeness (QED) is 0.676. The van der Waals surface area contributed by atoms with Crippen molar-refractivity contribution in [2.45, 2.75) is 25.6 Å². The minimum absolute atomic E-state index is 0.0268. The molecule has 1 aliphatic heterocycles. The lowest BCUT2D eigenvalue weighted by molar-refractivity contribution is 0.170. The summed E-state index contributed by atoms with van der Waals surface area (Å²) in [5.74, 6) is 0.787. The SMILES string of the molecule is OCc1nnc(-c2ccc(N3CCC(Oc4cc(F)ccc4Cl)CC3)nn2)s1. The standard InChI is InChI=1S/C18H17ClFN5O2S/c19-13-2-1-11(20)9-15(13)27-12-5-7-25(8-6-12)16-4-3-14(21-22-16)18-24-23-17(10-26)28-18/h1-4,9,12,26H,5-8,10H2. The molecule has 28 heavy (non-hydrogen) atoms. The highest BCUT2D eigenvalue weighted by Gasteiger charge is 2.23. The van der Waals surface area contributed by atoms with Gasteiger partial charge in [-0.3, -0.25) is 0 Å². The van der Waals surface area contributed by atoms with Gasteiger partial charge in [0.25, 0.3) is 0 Å². The summed E-state index contributed by atoms with van der Waals surface area (Å²) in [7, 11) is 0. The molecule has 1 aromatic carbocycles. The van der Waals surface area contributed by atoms with Gasteiger partial charge in [0.2, 0.25) is 0 Å². The van der Waals surface area contributed by atoms with Crippen molar-refractivity contribution in [3.63, 3.8) is 0 Å². The number of aliphatic hydroxyl groups is 1. The summed E-state index contributed by atoms with van der Waals surface area (Å²) in [6.45, 7) is 1.36. The summed E-state index contributed by atoms with van der Waals surface area (Å²) in [6.07, 6.45) is 1.51. The van der Waals surface area contributed by atoms with Crippen molar-refractivity contribution in [3.05, 3.63) is 46.2 Å². The number of hydrogen-bond acceptors (Lipinski definition) is 8. The van der Waals surface area contributed by atoms with Crippen LogP contribution in [0.15, 0.2) is 30.3 Å². The van der Waals surface area contributed by atoms with Crippen LogP contribution in [0.1, 0.15) is 17.8 Å². The lowest BCUT2D eigenvalue weighted by atomic mass is 10.1. The minimum atomic E-state index is -0.367. The molecule has 4 rings (SSSR count). The number of hydrogen-bond donors (Lipinski definition) is 1. The topological polar surface area (TPSA) is 84.3 Å². The highest BCUT2D eigenvalue weighted by atomic mass is 35.5. The van der Waals surface area contributed by atoms with Gasteiger partial charge in [0.15, 0.2) is 10.8 Å². The van der Waals surface area contributed by atoms with Gasteiger partial charge in [0.1, 0.15) is 28.4 Å². The van der Waals surface area contributed by atoms with Crippen molar-refractivity contribution < 1.29 is 14.2 Å². The molecular formula is C18H17ClFN5O2S.